The van der Waals surface area contributed by atoms with Crippen molar-refractivity contribution in [2.75, 3.05) is 26.2 Å². The van der Waals surface area contributed by atoms with E-state index in [-0.39, 0.29) is 17.7 Å². The van der Waals surface area contributed by atoms with Crippen molar-refractivity contribution in [3.8, 4) is 0 Å². The minimum Gasteiger partial charge on any atom is -0.441 e. The van der Waals surface area contributed by atoms with Gasteiger partial charge in [0.2, 0.25) is 5.91 Å². The number of benzene rings is 1. The molecule has 0 radical (unpaired) electrons. The van der Waals surface area contributed by atoms with Gasteiger partial charge >= 0.3 is 0 Å². The van der Waals surface area contributed by atoms with Gasteiger partial charge < -0.3 is 14.2 Å². The molecule has 6 nitrogen and oxygen atoms in total. The van der Waals surface area contributed by atoms with Crippen LogP contribution in [0.1, 0.15) is 48.4 Å². The Bertz CT molecular complexity index is 823. The van der Waals surface area contributed by atoms with Crippen molar-refractivity contribution in [1.29, 1.82) is 0 Å². The molecule has 0 bridgehead atoms. The summed E-state index contributed by atoms with van der Waals surface area (Å²) in [6.07, 6.45) is 5.21. The van der Waals surface area contributed by atoms with E-state index >= 15 is 0 Å². The number of aromatic nitrogens is 1. The average molecular weight is 355 g/mol. The van der Waals surface area contributed by atoms with Crippen LogP contribution in [0.4, 0.5) is 0 Å². The van der Waals surface area contributed by atoms with Gasteiger partial charge in [0.1, 0.15) is 5.52 Å². The zero-order chi connectivity index (χ0) is 18.1. The van der Waals surface area contributed by atoms with Crippen molar-refractivity contribution in [2.24, 2.45) is 5.92 Å². The molecular weight excluding hydrogens is 330 g/mol. The van der Waals surface area contributed by atoms with E-state index in [0.717, 1.165) is 25.8 Å². The summed E-state index contributed by atoms with van der Waals surface area (Å²) in [7, 11) is 0. The summed E-state index contributed by atoms with van der Waals surface area (Å²) in [4.78, 5) is 33.7. The lowest BCUT2D eigenvalue weighted by atomic mass is 10.1. The second kappa shape index (κ2) is 7.09. The Kier molecular flexibility index (Phi) is 4.66. The van der Waals surface area contributed by atoms with Crippen molar-refractivity contribution in [1.82, 2.24) is 14.8 Å². The van der Waals surface area contributed by atoms with Gasteiger partial charge in [-0.3, -0.25) is 9.59 Å². The second-order valence-electron chi connectivity index (χ2n) is 7.37. The molecule has 1 aromatic carbocycles. The quantitative estimate of drug-likeness (QED) is 0.830. The van der Waals surface area contributed by atoms with Gasteiger partial charge in [0.15, 0.2) is 11.5 Å². The second-order valence-corrected chi connectivity index (χ2v) is 7.37. The lowest BCUT2D eigenvalue weighted by Gasteiger charge is -2.24. The zero-order valence-electron chi connectivity index (χ0n) is 15.2. The first kappa shape index (κ1) is 17.1. The van der Waals surface area contributed by atoms with Crippen molar-refractivity contribution >= 4 is 22.9 Å². The number of fused-ring (bicyclic) bond motifs is 1. The van der Waals surface area contributed by atoms with Gasteiger partial charge in [-0.15, -0.1) is 0 Å². The Labute approximate surface area is 153 Å². The molecule has 1 saturated heterocycles. The molecule has 0 unspecified atom stereocenters. The molecule has 1 aliphatic carbocycles. The van der Waals surface area contributed by atoms with Gasteiger partial charge in [-0.25, -0.2) is 4.98 Å². The summed E-state index contributed by atoms with van der Waals surface area (Å²) in [5, 5.41) is 0. The largest absolute Gasteiger partial charge is 0.441 e. The molecule has 2 heterocycles. The maximum Gasteiger partial charge on any atom is 0.253 e. The number of nitrogens with zero attached hydrogens (tertiary/aromatic N) is 3. The molecule has 0 N–H and O–H groups in total. The maximum absolute atomic E-state index is 12.9. The first-order chi connectivity index (χ1) is 12.6. The maximum atomic E-state index is 12.9. The highest BCUT2D eigenvalue weighted by Crippen LogP contribution is 2.27. The number of aryl methyl sites for hydroxylation is 1. The summed E-state index contributed by atoms with van der Waals surface area (Å²) in [5.74, 6) is 1.09. The normalized spacial score (nSPS) is 19.1. The van der Waals surface area contributed by atoms with Crippen molar-refractivity contribution in [3.05, 3.63) is 29.7 Å². The van der Waals surface area contributed by atoms with Crippen molar-refractivity contribution in [2.45, 2.75) is 39.0 Å². The Hall–Kier alpha value is -2.37. The van der Waals surface area contributed by atoms with E-state index in [1.807, 2.05) is 9.80 Å². The molecule has 0 spiro atoms. The smallest absolute Gasteiger partial charge is 0.253 e. The van der Waals surface area contributed by atoms with Crippen LogP contribution in [-0.2, 0) is 4.79 Å². The number of carbonyl (C=O) groups excluding carboxylic acids is 2. The van der Waals surface area contributed by atoms with E-state index in [0.29, 0.717) is 42.2 Å². The highest BCUT2D eigenvalue weighted by Gasteiger charge is 2.29. The molecule has 2 fully saturated rings. The monoisotopic (exact) mass is 355 g/mol. The molecule has 1 aromatic heterocycles. The van der Waals surface area contributed by atoms with Crippen LogP contribution in [0.25, 0.3) is 11.1 Å². The van der Waals surface area contributed by atoms with Gasteiger partial charge in [0.05, 0.1) is 0 Å². The molecule has 4 rings (SSSR count). The average Bonchev–Trinajstić information content (AvgIpc) is 3.23. The lowest BCUT2D eigenvalue weighted by Crippen LogP contribution is -2.39. The molecule has 2 amide bonds. The first-order valence-corrected chi connectivity index (χ1v) is 9.57. The van der Waals surface area contributed by atoms with Gasteiger partial charge in [-0.1, -0.05) is 12.8 Å². The fraction of sp³-hybridized carbons (Fsp3) is 0.550. The zero-order valence-corrected chi connectivity index (χ0v) is 15.2. The fourth-order valence-electron chi connectivity index (χ4n) is 4.13. The summed E-state index contributed by atoms with van der Waals surface area (Å²) in [6, 6.07) is 5.39. The third-order valence-electron chi connectivity index (χ3n) is 5.54. The predicted molar refractivity (Wildman–Crippen MR) is 97.8 cm³/mol. The highest BCUT2D eigenvalue weighted by atomic mass is 16.3. The van der Waals surface area contributed by atoms with Crippen molar-refractivity contribution < 1.29 is 14.0 Å². The summed E-state index contributed by atoms with van der Waals surface area (Å²) >= 11 is 0. The van der Waals surface area contributed by atoms with E-state index in [4.69, 9.17) is 4.42 Å². The SMILES string of the molecule is Cc1nc2cc(C(=O)N3CCCN(C(=O)C4CCCC4)CC3)ccc2o1. The van der Waals surface area contributed by atoms with Crippen LogP contribution >= 0.6 is 0 Å². The minimum absolute atomic E-state index is 0.00252. The van der Waals surface area contributed by atoms with E-state index in [1.165, 1.54) is 12.8 Å². The summed E-state index contributed by atoms with van der Waals surface area (Å²) < 4.78 is 5.48. The van der Waals surface area contributed by atoms with Crippen LogP contribution in [0, 0.1) is 12.8 Å². The van der Waals surface area contributed by atoms with Crippen LogP contribution in [0.5, 0.6) is 0 Å². The number of rotatable bonds is 2. The number of hydrogen-bond donors (Lipinski definition) is 0. The Morgan fingerprint density at radius 2 is 1.77 bits per heavy atom. The van der Waals surface area contributed by atoms with Gasteiger partial charge in [0, 0.05) is 44.6 Å². The molecule has 26 heavy (non-hydrogen) atoms. The molecule has 2 aliphatic rings. The van der Waals surface area contributed by atoms with Crippen LogP contribution in [0.3, 0.4) is 0 Å². The number of amides is 2. The Balaban J connectivity index is 1.44. The molecule has 1 aliphatic heterocycles. The summed E-state index contributed by atoms with van der Waals surface area (Å²) in [5.41, 5.74) is 2.03. The third-order valence-corrected chi connectivity index (χ3v) is 5.54. The van der Waals surface area contributed by atoms with Crippen LogP contribution in [0.2, 0.25) is 0 Å². The minimum atomic E-state index is 0.00252. The number of oxazole rings is 1. The number of hydrogen-bond acceptors (Lipinski definition) is 4. The Morgan fingerprint density at radius 1 is 1.04 bits per heavy atom. The van der Waals surface area contributed by atoms with E-state index in [2.05, 4.69) is 4.98 Å². The van der Waals surface area contributed by atoms with Crippen LogP contribution < -0.4 is 0 Å². The van der Waals surface area contributed by atoms with E-state index < -0.39 is 0 Å². The predicted octanol–water partition coefficient (Wildman–Crippen LogP) is 3.00. The molecule has 2 aromatic rings. The highest BCUT2D eigenvalue weighted by molar-refractivity contribution is 5.97. The summed E-state index contributed by atoms with van der Waals surface area (Å²) in [6.45, 7) is 4.45. The first-order valence-electron chi connectivity index (χ1n) is 9.57. The lowest BCUT2D eigenvalue weighted by molar-refractivity contribution is -0.135. The van der Waals surface area contributed by atoms with Crippen LogP contribution in [-0.4, -0.2) is 52.8 Å². The topological polar surface area (TPSA) is 66.7 Å². The molecule has 138 valence electrons. The number of carbonyl (C=O) groups is 2. The van der Waals surface area contributed by atoms with Gasteiger partial charge in [-0.2, -0.15) is 0 Å². The molecule has 0 atom stereocenters. The molecule has 1 saturated carbocycles. The van der Waals surface area contributed by atoms with E-state index in [1.54, 1.807) is 25.1 Å². The Morgan fingerprint density at radius 3 is 2.58 bits per heavy atom. The van der Waals surface area contributed by atoms with Crippen molar-refractivity contribution in [3.63, 3.8) is 0 Å². The standard InChI is InChI=1S/C20H25N3O3/c1-14-21-17-13-16(7-8-18(17)26-14)20(25)23-10-4-9-22(11-12-23)19(24)15-5-2-3-6-15/h7-8,13,15H,2-6,9-12H2,1H3. The molecular formula is C20H25N3O3. The van der Waals surface area contributed by atoms with Gasteiger partial charge in [0.25, 0.3) is 5.91 Å². The van der Waals surface area contributed by atoms with E-state index in [9.17, 15) is 9.59 Å². The van der Waals surface area contributed by atoms with Gasteiger partial charge in [-0.05, 0) is 37.5 Å². The fourth-order valence-corrected chi connectivity index (χ4v) is 4.13. The third kappa shape index (κ3) is 3.32. The molecule has 6 heteroatoms. The van der Waals surface area contributed by atoms with Crippen LogP contribution in [0.15, 0.2) is 22.6 Å².